The number of nitrogens with one attached hydrogen (secondary N) is 2. The van der Waals surface area contributed by atoms with E-state index < -0.39 is 16.1 Å². The maximum atomic E-state index is 12.0. The molecule has 1 aliphatic rings. The number of aromatic nitrogens is 2. The van der Waals surface area contributed by atoms with Gasteiger partial charge < -0.3 is 5.32 Å². The van der Waals surface area contributed by atoms with Crippen molar-refractivity contribution in [2.75, 3.05) is 6.54 Å². The number of aryl methyl sites for hydroxylation is 1. The lowest BCUT2D eigenvalue weighted by Gasteiger charge is -2.14. The van der Waals surface area contributed by atoms with Crippen LogP contribution in [0.15, 0.2) is 17.3 Å². The van der Waals surface area contributed by atoms with Crippen molar-refractivity contribution in [3.05, 3.63) is 12.4 Å². The van der Waals surface area contributed by atoms with Gasteiger partial charge in [-0.1, -0.05) is 0 Å². The van der Waals surface area contributed by atoms with Gasteiger partial charge in [-0.3, -0.25) is 9.48 Å². The molecule has 1 saturated heterocycles. The second kappa shape index (κ2) is 5.07. The Bertz CT molecular complexity index is 537. The molecule has 100 valence electrons. The van der Waals surface area contributed by atoms with Crippen LogP contribution in [0.1, 0.15) is 19.3 Å². The Hall–Kier alpha value is -1.41. The summed E-state index contributed by atoms with van der Waals surface area (Å²) in [6, 6.07) is -0.697. The molecule has 7 nitrogen and oxygen atoms in total. The molecule has 1 fully saturated rings. The minimum atomic E-state index is -3.68. The number of hydrogen-bond acceptors (Lipinski definition) is 4. The average Bonchev–Trinajstić information content (AvgIpc) is 2.65. The standard InChI is InChI=1S/C10H16N4O3S/c1-14-7-8(6-12-14)18(16,17)13-9-4-2-3-5-11-10(9)15/h6-7,9,13H,2-5H2,1H3,(H,11,15)/t9-/m1/s1. The Kier molecular flexibility index (Phi) is 3.67. The van der Waals surface area contributed by atoms with Gasteiger partial charge in [0.25, 0.3) is 0 Å². The van der Waals surface area contributed by atoms with Crippen molar-refractivity contribution in [1.82, 2.24) is 19.8 Å². The van der Waals surface area contributed by atoms with E-state index in [9.17, 15) is 13.2 Å². The van der Waals surface area contributed by atoms with Crippen LogP contribution in [0.3, 0.4) is 0 Å². The van der Waals surface area contributed by atoms with Crippen molar-refractivity contribution in [1.29, 1.82) is 0 Å². The van der Waals surface area contributed by atoms with Gasteiger partial charge in [-0.05, 0) is 19.3 Å². The SMILES string of the molecule is Cn1cc(S(=O)(=O)N[C@@H]2CCCCNC2=O)cn1. The summed E-state index contributed by atoms with van der Waals surface area (Å²) in [4.78, 5) is 11.7. The number of rotatable bonds is 3. The van der Waals surface area contributed by atoms with Gasteiger partial charge in [-0.2, -0.15) is 9.82 Å². The Balaban J connectivity index is 2.14. The first-order valence-electron chi connectivity index (χ1n) is 5.78. The van der Waals surface area contributed by atoms with E-state index in [2.05, 4.69) is 15.1 Å². The van der Waals surface area contributed by atoms with Gasteiger partial charge in [-0.25, -0.2) is 8.42 Å². The van der Waals surface area contributed by atoms with Crippen LogP contribution in [0.2, 0.25) is 0 Å². The van der Waals surface area contributed by atoms with Gasteiger partial charge in [0.1, 0.15) is 10.9 Å². The van der Waals surface area contributed by atoms with Gasteiger partial charge in [0.05, 0.1) is 6.20 Å². The van der Waals surface area contributed by atoms with Crippen LogP contribution < -0.4 is 10.0 Å². The number of nitrogens with zero attached hydrogens (tertiary/aromatic N) is 2. The van der Waals surface area contributed by atoms with Gasteiger partial charge in [-0.15, -0.1) is 0 Å². The molecule has 0 aliphatic carbocycles. The number of carbonyl (C=O) groups is 1. The highest BCUT2D eigenvalue weighted by atomic mass is 32.2. The number of hydrogen-bond donors (Lipinski definition) is 2. The van der Waals surface area contributed by atoms with E-state index in [0.29, 0.717) is 13.0 Å². The first kappa shape index (κ1) is 13.0. The van der Waals surface area contributed by atoms with Crippen LogP contribution in [0, 0.1) is 0 Å². The van der Waals surface area contributed by atoms with Crippen molar-refractivity contribution in [2.45, 2.75) is 30.2 Å². The van der Waals surface area contributed by atoms with E-state index in [1.54, 1.807) is 7.05 Å². The third-order valence-electron chi connectivity index (χ3n) is 2.82. The molecule has 18 heavy (non-hydrogen) atoms. The van der Waals surface area contributed by atoms with Crippen LogP contribution in [0.25, 0.3) is 0 Å². The molecule has 0 radical (unpaired) electrons. The second-order valence-corrected chi connectivity index (χ2v) is 6.02. The van der Waals surface area contributed by atoms with Crippen molar-refractivity contribution in [3.8, 4) is 0 Å². The van der Waals surface area contributed by atoms with E-state index in [4.69, 9.17) is 0 Å². The Labute approximate surface area is 106 Å². The predicted octanol–water partition coefficient (Wildman–Crippen LogP) is -0.633. The van der Waals surface area contributed by atoms with Crippen LogP contribution in [0.5, 0.6) is 0 Å². The van der Waals surface area contributed by atoms with Crippen molar-refractivity contribution < 1.29 is 13.2 Å². The highest BCUT2D eigenvalue weighted by molar-refractivity contribution is 7.89. The van der Waals surface area contributed by atoms with Crippen LogP contribution in [0.4, 0.5) is 0 Å². The lowest BCUT2D eigenvalue weighted by Crippen LogP contribution is -2.45. The van der Waals surface area contributed by atoms with Crippen molar-refractivity contribution >= 4 is 15.9 Å². The molecule has 0 bridgehead atoms. The van der Waals surface area contributed by atoms with E-state index in [-0.39, 0.29) is 10.8 Å². The minimum absolute atomic E-state index is 0.0713. The van der Waals surface area contributed by atoms with E-state index in [1.807, 2.05) is 0 Å². The van der Waals surface area contributed by atoms with Crippen LogP contribution >= 0.6 is 0 Å². The van der Waals surface area contributed by atoms with E-state index in [1.165, 1.54) is 17.1 Å². The summed E-state index contributed by atoms with van der Waals surface area (Å²) in [5.74, 6) is -0.264. The molecule has 0 spiro atoms. The number of sulfonamides is 1. The van der Waals surface area contributed by atoms with E-state index in [0.717, 1.165) is 12.8 Å². The topological polar surface area (TPSA) is 93.1 Å². The molecule has 1 aliphatic heterocycles. The highest BCUT2D eigenvalue weighted by Crippen LogP contribution is 2.11. The molecule has 0 saturated carbocycles. The Morgan fingerprint density at radius 3 is 2.94 bits per heavy atom. The van der Waals surface area contributed by atoms with Crippen LogP contribution in [-0.2, 0) is 21.9 Å². The summed E-state index contributed by atoms with van der Waals surface area (Å²) in [5.41, 5.74) is 0. The summed E-state index contributed by atoms with van der Waals surface area (Å²) < 4.78 is 27.9. The van der Waals surface area contributed by atoms with Gasteiger partial charge in [0, 0.05) is 19.8 Å². The molecule has 2 heterocycles. The molecular weight excluding hydrogens is 256 g/mol. The second-order valence-electron chi connectivity index (χ2n) is 4.31. The molecule has 1 atom stereocenters. The van der Waals surface area contributed by atoms with Crippen LogP contribution in [-0.4, -0.2) is 36.7 Å². The van der Waals surface area contributed by atoms with Gasteiger partial charge in [0.15, 0.2) is 0 Å². The fourth-order valence-electron chi connectivity index (χ4n) is 1.84. The zero-order valence-corrected chi connectivity index (χ0v) is 10.9. The Morgan fingerprint density at radius 1 is 1.50 bits per heavy atom. The fourth-order valence-corrected chi connectivity index (χ4v) is 3.06. The predicted molar refractivity (Wildman–Crippen MR) is 64.2 cm³/mol. The summed E-state index contributed by atoms with van der Waals surface area (Å²) >= 11 is 0. The quantitative estimate of drug-likeness (QED) is 0.766. The lowest BCUT2D eigenvalue weighted by atomic mass is 10.1. The van der Waals surface area contributed by atoms with E-state index >= 15 is 0 Å². The van der Waals surface area contributed by atoms with Crippen molar-refractivity contribution in [3.63, 3.8) is 0 Å². The smallest absolute Gasteiger partial charge is 0.244 e. The zero-order chi connectivity index (χ0) is 13.2. The van der Waals surface area contributed by atoms with Gasteiger partial charge in [0.2, 0.25) is 15.9 Å². The zero-order valence-electron chi connectivity index (χ0n) is 10.1. The molecule has 2 rings (SSSR count). The number of carbonyl (C=O) groups excluding carboxylic acids is 1. The molecule has 0 unspecified atom stereocenters. The first-order chi connectivity index (χ1) is 8.49. The maximum Gasteiger partial charge on any atom is 0.244 e. The third kappa shape index (κ3) is 2.88. The first-order valence-corrected chi connectivity index (χ1v) is 7.26. The third-order valence-corrected chi connectivity index (χ3v) is 4.25. The Morgan fingerprint density at radius 2 is 2.28 bits per heavy atom. The summed E-state index contributed by atoms with van der Waals surface area (Å²) in [7, 11) is -2.05. The summed E-state index contributed by atoms with van der Waals surface area (Å²) in [6.07, 6.45) is 4.87. The summed E-state index contributed by atoms with van der Waals surface area (Å²) in [5, 5.41) is 6.50. The average molecular weight is 272 g/mol. The summed E-state index contributed by atoms with van der Waals surface area (Å²) in [6.45, 7) is 0.601. The largest absolute Gasteiger partial charge is 0.355 e. The fraction of sp³-hybridized carbons (Fsp3) is 0.600. The molecule has 1 amide bonds. The molecule has 1 aromatic heterocycles. The maximum absolute atomic E-state index is 12.0. The molecular formula is C10H16N4O3S. The molecule has 0 aromatic carbocycles. The monoisotopic (exact) mass is 272 g/mol. The highest BCUT2D eigenvalue weighted by Gasteiger charge is 2.27. The lowest BCUT2D eigenvalue weighted by molar-refractivity contribution is -0.122. The minimum Gasteiger partial charge on any atom is -0.355 e. The number of amides is 1. The normalized spacial score (nSPS) is 21.4. The van der Waals surface area contributed by atoms with Gasteiger partial charge >= 0.3 is 0 Å². The molecule has 8 heteroatoms. The van der Waals surface area contributed by atoms with Crippen molar-refractivity contribution in [2.24, 2.45) is 7.05 Å². The molecule has 2 N–H and O–H groups in total. The molecule has 1 aromatic rings.